The number of rotatable bonds is 9. The van der Waals surface area contributed by atoms with E-state index in [1.165, 1.54) is 0 Å². The molecule has 4 heterocycles. The van der Waals surface area contributed by atoms with Crippen molar-refractivity contribution in [2.24, 2.45) is 0 Å². The second-order valence-electron chi connectivity index (χ2n) is 11.3. The third-order valence-corrected chi connectivity index (χ3v) is 9.37. The SMILES string of the molecule is COc1cc(C(=O)N2CCC(N3CCOCC3)CC2)ccc1Nc1nc(Nc2ccccc2SC(C)C)c2c(Cl)c[nH]c2n1. The number of aromatic amines is 1. The van der Waals surface area contributed by atoms with Gasteiger partial charge in [0.1, 0.15) is 17.2 Å². The van der Waals surface area contributed by atoms with E-state index in [4.69, 9.17) is 26.1 Å². The van der Waals surface area contributed by atoms with E-state index in [1.54, 1.807) is 31.1 Å². The first-order valence-corrected chi connectivity index (χ1v) is 16.3. The van der Waals surface area contributed by atoms with Crippen molar-refractivity contribution >= 4 is 63.4 Å². The summed E-state index contributed by atoms with van der Waals surface area (Å²) in [5.74, 6) is 1.47. The highest BCUT2D eigenvalue weighted by Gasteiger charge is 2.28. The van der Waals surface area contributed by atoms with Crippen molar-refractivity contribution in [3.05, 3.63) is 59.2 Å². The number of thioether (sulfide) groups is 1. The van der Waals surface area contributed by atoms with Crippen molar-refractivity contribution in [2.75, 3.05) is 57.1 Å². The van der Waals surface area contributed by atoms with Crippen LogP contribution < -0.4 is 15.4 Å². The number of para-hydroxylation sites is 1. The maximum absolute atomic E-state index is 13.4. The van der Waals surface area contributed by atoms with Gasteiger partial charge >= 0.3 is 0 Å². The number of H-pyrrole nitrogens is 1. The van der Waals surface area contributed by atoms with Gasteiger partial charge in [-0.25, -0.2) is 0 Å². The smallest absolute Gasteiger partial charge is 0.253 e. The number of amides is 1. The van der Waals surface area contributed by atoms with Gasteiger partial charge < -0.3 is 30.0 Å². The Bertz CT molecular complexity index is 1620. The molecule has 2 saturated heterocycles. The highest BCUT2D eigenvalue weighted by Crippen LogP contribution is 2.37. The molecule has 10 nitrogen and oxygen atoms in total. The van der Waals surface area contributed by atoms with Gasteiger partial charge in [0, 0.05) is 54.1 Å². The topological polar surface area (TPSA) is 108 Å². The predicted octanol–water partition coefficient (Wildman–Crippen LogP) is 6.54. The number of anilines is 4. The summed E-state index contributed by atoms with van der Waals surface area (Å²) in [7, 11) is 1.59. The molecule has 6 rings (SSSR count). The second-order valence-corrected chi connectivity index (χ2v) is 13.3. The minimum absolute atomic E-state index is 0.0124. The molecule has 12 heteroatoms. The highest BCUT2D eigenvalue weighted by atomic mass is 35.5. The molecule has 2 aromatic carbocycles. The number of nitrogens with zero attached hydrogens (tertiary/aromatic N) is 4. The zero-order valence-electron chi connectivity index (χ0n) is 25.2. The van der Waals surface area contributed by atoms with Crippen LogP contribution in [0, 0.1) is 0 Å². The van der Waals surface area contributed by atoms with Crippen LogP contribution >= 0.6 is 23.4 Å². The van der Waals surface area contributed by atoms with Crippen LogP contribution in [0.3, 0.4) is 0 Å². The van der Waals surface area contributed by atoms with E-state index in [-0.39, 0.29) is 5.91 Å². The normalized spacial score (nSPS) is 16.4. The number of hydrogen-bond donors (Lipinski definition) is 3. The van der Waals surface area contributed by atoms with Gasteiger partial charge in [0.2, 0.25) is 5.95 Å². The molecule has 3 N–H and O–H groups in total. The quantitative estimate of drug-likeness (QED) is 0.177. The number of nitrogens with one attached hydrogen (secondary N) is 3. The van der Waals surface area contributed by atoms with Crippen molar-refractivity contribution in [1.82, 2.24) is 24.8 Å². The van der Waals surface area contributed by atoms with Gasteiger partial charge in [-0.05, 0) is 43.2 Å². The molecule has 0 unspecified atom stereocenters. The van der Waals surface area contributed by atoms with Gasteiger partial charge in [0.25, 0.3) is 5.91 Å². The zero-order chi connectivity index (χ0) is 30.6. The van der Waals surface area contributed by atoms with E-state index in [0.717, 1.165) is 62.8 Å². The van der Waals surface area contributed by atoms with Crippen molar-refractivity contribution in [3.8, 4) is 5.75 Å². The lowest BCUT2D eigenvalue weighted by Gasteiger charge is -2.40. The Morgan fingerprint density at radius 2 is 1.84 bits per heavy atom. The van der Waals surface area contributed by atoms with Gasteiger partial charge in [-0.2, -0.15) is 9.97 Å². The fourth-order valence-corrected chi connectivity index (χ4v) is 6.95. The summed E-state index contributed by atoms with van der Waals surface area (Å²) in [6.07, 6.45) is 3.65. The van der Waals surface area contributed by atoms with Crippen LogP contribution in [0.5, 0.6) is 5.75 Å². The van der Waals surface area contributed by atoms with Crippen LogP contribution in [0.4, 0.5) is 23.1 Å². The Morgan fingerprint density at radius 3 is 2.59 bits per heavy atom. The van der Waals surface area contributed by atoms with Crippen molar-refractivity contribution in [3.63, 3.8) is 0 Å². The van der Waals surface area contributed by atoms with Crippen molar-refractivity contribution in [1.29, 1.82) is 0 Å². The number of methoxy groups -OCH3 is 1. The van der Waals surface area contributed by atoms with E-state index in [1.807, 2.05) is 35.2 Å². The Kier molecular flexibility index (Phi) is 9.46. The third-order valence-electron chi connectivity index (χ3n) is 7.99. The molecule has 232 valence electrons. The van der Waals surface area contributed by atoms with Gasteiger partial charge in [-0.1, -0.05) is 37.6 Å². The van der Waals surface area contributed by atoms with Crippen LogP contribution in [-0.2, 0) is 4.74 Å². The number of ether oxygens (including phenoxy) is 2. The predicted molar refractivity (Wildman–Crippen MR) is 177 cm³/mol. The maximum atomic E-state index is 13.4. The summed E-state index contributed by atoms with van der Waals surface area (Å²) in [5.41, 5.74) is 2.76. The first-order valence-electron chi connectivity index (χ1n) is 15.0. The molecule has 0 bridgehead atoms. The van der Waals surface area contributed by atoms with E-state index in [2.05, 4.69) is 45.4 Å². The highest BCUT2D eigenvalue weighted by molar-refractivity contribution is 8.00. The Balaban J connectivity index is 1.20. The molecule has 0 radical (unpaired) electrons. The standard InChI is InChI=1S/C32H38ClN7O3S/c1-20(2)44-27-7-5-4-6-25(27)35-30-28-23(33)19-34-29(28)37-32(38-30)36-24-9-8-21(18-26(24)42-3)31(41)40-12-10-22(11-13-40)39-14-16-43-17-15-39/h4-9,18-20,22H,10-17H2,1-3H3,(H3,34,35,36,37,38). The zero-order valence-corrected chi connectivity index (χ0v) is 26.8. The van der Waals surface area contributed by atoms with E-state index < -0.39 is 0 Å². The average molecular weight is 636 g/mol. The molecule has 0 spiro atoms. The number of aromatic nitrogens is 3. The third kappa shape index (κ3) is 6.76. The molecule has 1 amide bonds. The van der Waals surface area contributed by atoms with E-state index in [9.17, 15) is 4.79 Å². The summed E-state index contributed by atoms with van der Waals surface area (Å²) >= 11 is 8.32. The summed E-state index contributed by atoms with van der Waals surface area (Å²) < 4.78 is 11.2. The summed E-state index contributed by atoms with van der Waals surface area (Å²) in [6.45, 7) is 9.33. The molecule has 0 aliphatic carbocycles. The Morgan fingerprint density at radius 1 is 1.07 bits per heavy atom. The number of piperidine rings is 1. The number of halogens is 1. The number of hydrogen-bond acceptors (Lipinski definition) is 9. The van der Waals surface area contributed by atoms with Gasteiger partial charge in [-0.15, -0.1) is 11.8 Å². The Hall–Kier alpha value is -3.51. The summed E-state index contributed by atoms with van der Waals surface area (Å²) in [5, 5.41) is 8.41. The number of fused-ring (bicyclic) bond motifs is 1. The molecule has 2 aliphatic heterocycles. The molecular weight excluding hydrogens is 598 g/mol. The van der Waals surface area contributed by atoms with Gasteiger partial charge in [0.15, 0.2) is 0 Å². The average Bonchev–Trinajstić information content (AvgIpc) is 3.42. The van der Waals surface area contributed by atoms with Crippen molar-refractivity contribution in [2.45, 2.75) is 42.9 Å². The first-order chi connectivity index (χ1) is 21.4. The number of benzene rings is 2. The van der Waals surface area contributed by atoms with Gasteiger partial charge in [0.05, 0.1) is 42.1 Å². The summed E-state index contributed by atoms with van der Waals surface area (Å²) in [4.78, 5) is 31.6. The summed E-state index contributed by atoms with van der Waals surface area (Å²) in [6, 6.07) is 14.1. The van der Waals surface area contributed by atoms with Crippen molar-refractivity contribution < 1.29 is 14.3 Å². The van der Waals surface area contributed by atoms with E-state index in [0.29, 0.717) is 56.1 Å². The van der Waals surface area contributed by atoms with Crippen LogP contribution in [0.1, 0.15) is 37.0 Å². The van der Waals surface area contributed by atoms with Crippen LogP contribution in [0.25, 0.3) is 11.0 Å². The maximum Gasteiger partial charge on any atom is 0.253 e. The fourth-order valence-electron chi connectivity index (χ4n) is 5.80. The molecular formula is C32H38ClN7O3S. The Labute approximate surface area is 266 Å². The molecule has 2 fully saturated rings. The minimum Gasteiger partial charge on any atom is -0.495 e. The molecule has 2 aromatic heterocycles. The fraction of sp³-hybridized carbons (Fsp3) is 0.406. The number of carbonyl (C=O) groups is 1. The monoisotopic (exact) mass is 635 g/mol. The number of morpholine rings is 1. The lowest BCUT2D eigenvalue weighted by molar-refractivity contribution is 0.00159. The van der Waals surface area contributed by atoms with Crippen LogP contribution in [0.2, 0.25) is 5.02 Å². The molecule has 0 atom stereocenters. The minimum atomic E-state index is 0.0124. The van der Waals surface area contributed by atoms with Gasteiger partial charge in [-0.3, -0.25) is 9.69 Å². The number of carbonyl (C=O) groups excluding carboxylic acids is 1. The van der Waals surface area contributed by atoms with Crippen LogP contribution in [-0.4, -0.2) is 88.5 Å². The van der Waals surface area contributed by atoms with Crippen LogP contribution in [0.15, 0.2) is 53.6 Å². The lowest BCUT2D eigenvalue weighted by atomic mass is 10.0. The molecule has 44 heavy (non-hydrogen) atoms. The lowest BCUT2D eigenvalue weighted by Crippen LogP contribution is -2.50. The molecule has 2 aliphatic rings. The molecule has 0 saturated carbocycles. The largest absolute Gasteiger partial charge is 0.495 e. The first kappa shape index (κ1) is 30.5. The number of likely N-dealkylation sites (tertiary alicyclic amines) is 1. The molecule has 4 aromatic rings. The van der Waals surface area contributed by atoms with E-state index >= 15 is 0 Å². The second kappa shape index (κ2) is 13.6.